The Bertz CT molecular complexity index is 905. The van der Waals surface area contributed by atoms with Crippen molar-refractivity contribution in [2.24, 2.45) is 0 Å². The van der Waals surface area contributed by atoms with E-state index in [4.69, 9.17) is 4.74 Å². The predicted octanol–water partition coefficient (Wildman–Crippen LogP) is 1.83. The number of nitrogens with zero attached hydrogens (tertiary/aromatic N) is 4. The molecule has 1 atom stereocenters. The second kappa shape index (κ2) is 7.16. The quantitative estimate of drug-likeness (QED) is 0.788. The molecule has 1 aromatic heterocycles. The van der Waals surface area contributed by atoms with Crippen LogP contribution in [0.1, 0.15) is 12.0 Å². The highest BCUT2D eigenvalue weighted by atomic mass is 32.2. The second-order valence-corrected chi connectivity index (χ2v) is 8.32. The Morgan fingerprint density at radius 3 is 2.77 bits per heavy atom. The van der Waals surface area contributed by atoms with Crippen molar-refractivity contribution in [1.82, 2.24) is 14.3 Å². The molecule has 0 N–H and O–H groups in total. The molecule has 7 nitrogen and oxygen atoms in total. The topological polar surface area (TPSA) is 75.6 Å². The number of aromatic nitrogens is 2. The molecule has 1 aromatic carbocycles. The van der Waals surface area contributed by atoms with Crippen molar-refractivity contribution in [2.45, 2.75) is 24.3 Å². The van der Waals surface area contributed by atoms with Gasteiger partial charge in [-0.25, -0.2) is 12.8 Å². The summed E-state index contributed by atoms with van der Waals surface area (Å²) in [6, 6.07) is 3.69. The molecular formula is C17H21FN4O3S. The Kier molecular flexibility index (Phi) is 5.10. The maximum absolute atomic E-state index is 13.3. The average Bonchev–Trinajstić information content (AvgIpc) is 3.04. The highest BCUT2D eigenvalue weighted by molar-refractivity contribution is 7.89. The number of sulfonamides is 1. The van der Waals surface area contributed by atoms with Crippen molar-refractivity contribution in [2.75, 3.05) is 32.1 Å². The molecule has 0 amide bonds. The first-order chi connectivity index (χ1) is 12.3. The Labute approximate surface area is 152 Å². The minimum atomic E-state index is -3.69. The fourth-order valence-electron chi connectivity index (χ4n) is 2.83. The molecule has 2 heterocycles. The first-order valence-corrected chi connectivity index (χ1v) is 9.63. The lowest BCUT2D eigenvalue weighted by Crippen LogP contribution is -2.31. The molecule has 0 bridgehead atoms. The van der Waals surface area contributed by atoms with Crippen LogP contribution in [-0.4, -0.2) is 56.0 Å². The normalized spacial score (nSPS) is 18.1. The third kappa shape index (κ3) is 3.78. The van der Waals surface area contributed by atoms with E-state index in [1.807, 2.05) is 19.0 Å². The summed E-state index contributed by atoms with van der Waals surface area (Å²) in [4.78, 5) is 10.4. The third-order valence-electron chi connectivity index (χ3n) is 4.21. The fraction of sp³-hybridized carbons (Fsp3) is 0.412. The summed E-state index contributed by atoms with van der Waals surface area (Å²) in [5.41, 5.74) is 0.388. The van der Waals surface area contributed by atoms with Gasteiger partial charge in [-0.3, -0.25) is 4.98 Å². The maximum atomic E-state index is 13.3. The summed E-state index contributed by atoms with van der Waals surface area (Å²) < 4.78 is 46.1. The van der Waals surface area contributed by atoms with E-state index in [1.165, 1.54) is 22.6 Å². The van der Waals surface area contributed by atoms with Gasteiger partial charge in [0.25, 0.3) is 0 Å². The lowest BCUT2D eigenvalue weighted by Gasteiger charge is -2.18. The van der Waals surface area contributed by atoms with Gasteiger partial charge >= 0.3 is 0 Å². The van der Waals surface area contributed by atoms with Crippen LogP contribution in [0.25, 0.3) is 0 Å². The minimum absolute atomic E-state index is 0.119. The van der Waals surface area contributed by atoms with Gasteiger partial charge in [0.05, 0.1) is 23.8 Å². The Balaban J connectivity index is 1.73. The summed E-state index contributed by atoms with van der Waals surface area (Å²) >= 11 is 0. The van der Waals surface area contributed by atoms with Crippen LogP contribution in [0.4, 0.5) is 10.2 Å². The van der Waals surface area contributed by atoms with Gasteiger partial charge < -0.3 is 9.64 Å². The molecule has 26 heavy (non-hydrogen) atoms. The Morgan fingerprint density at radius 2 is 2.08 bits per heavy atom. The summed E-state index contributed by atoms with van der Waals surface area (Å²) in [5.74, 6) is 0.564. The van der Waals surface area contributed by atoms with E-state index < -0.39 is 15.8 Å². The number of benzene rings is 1. The van der Waals surface area contributed by atoms with Gasteiger partial charge in [0.2, 0.25) is 15.9 Å². The molecule has 1 aliphatic heterocycles. The molecule has 9 heteroatoms. The van der Waals surface area contributed by atoms with E-state index in [-0.39, 0.29) is 17.5 Å². The molecular weight excluding hydrogens is 359 g/mol. The molecule has 1 aliphatic rings. The van der Waals surface area contributed by atoms with Crippen LogP contribution in [0.3, 0.4) is 0 Å². The van der Waals surface area contributed by atoms with Gasteiger partial charge in [0, 0.05) is 20.6 Å². The molecule has 140 valence electrons. The highest BCUT2D eigenvalue weighted by Crippen LogP contribution is 2.26. The van der Waals surface area contributed by atoms with Gasteiger partial charge in [-0.15, -0.1) is 0 Å². The van der Waals surface area contributed by atoms with Crippen LogP contribution in [0.15, 0.2) is 35.5 Å². The van der Waals surface area contributed by atoms with Crippen LogP contribution >= 0.6 is 0 Å². The highest BCUT2D eigenvalue weighted by Gasteiger charge is 2.34. The van der Waals surface area contributed by atoms with Gasteiger partial charge in [0.15, 0.2) is 5.82 Å². The molecule has 0 saturated carbocycles. The SMILES string of the molecule is Cc1cc(F)ccc1S(=O)(=O)N1CCC(Oc2cncc(N(C)C)n2)C1. The molecule has 1 unspecified atom stereocenters. The lowest BCUT2D eigenvalue weighted by molar-refractivity contribution is 0.206. The number of hydrogen-bond acceptors (Lipinski definition) is 6. The van der Waals surface area contributed by atoms with Crippen LogP contribution in [0.2, 0.25) is 0 Å². The zero-order chi connectivity index (χ0) is 18.9. The van der Waals surface area contributed by atoms with E-state index in [0.29, 0.717) is 30.2 Å². The van der Waals surface area contributed by atoms with Gasteiger partial charge in [-0.2, -0.15) is 9.29 Å². The molecule has 3 rings (SSSR count). The summed E-state index contributed by atoms with van der Waals surface area (Å²) in [7, 11) is 0.00927. The van der Waals surface area contributed by atoms with Crippen molar-refractivity contribution < 1.29 is 17.5 Å². The van der Waals surface area contributed by atoms with Gasteiger partial charge in [0.1, 0.15) is 11.9 Å². The van der Waals surface area contributed by atoms with Crippen molar-refractivity contribution in [3.8, 4) is 5.88 Å². The van der Waals surface area contributed by atoms with Gasteiger partial charge in [-0.1, -0.05) is 0 Å². The maximum Gasteiger partial charge on any atom is 0.243 e. The van der Waals surface area contributed by atoms with E-state index >= 15 is 0 Å². The van der Waals surface area contributed by atoms with E-state index in [0.717, 1.165) is 6.07 Å². The largest absolute Gasteiger partial charge is 0.472 e. The van der Waals surface area contributed by atoms with Gasteiger partial charge in [-0.05, 0) is 37.1 Å². The first kappa shape index (κ1) is 18.5. The molecule has 0 aliphatic carbocycles. The monoisotopic (exact) mass is 380 g/mol. The van der Waals surface area contributed by atoms with Crippen molar-refractivity contribution in [3.63, 3.8) is 0 Å². The van der Waals surface area contributed by atoms with E-state index in [9.17, 15) is 12.8 Å². The van der Waals surface area contributed by atoms with Crippen LogP contribution in [0, 0.1) is 12.7 Å². The standard InChI is InChI=1S/C17H21FN4O3S/c1-12-8-13(18)4-5-15(12)26(23,24)22-7-6-14(11-22)25-17-10-19-9-16(20-17)21(2)3/h4-5,8-10,14H,6-7,11H2,1-3H3. The zero-order valence-corrected chi connectivity index (χ0v) is 15.7. The van der Waals surface area contributed by atoms with Crippen molar-refractivity contribution in [1.29, 1.82) is 0 Å². The van der Waals surface area contributed by atoms with Crippen LogP contribution in [0.5, 0.6) is 5.88 Å². The van der Waals surface area contributed by atoms with Crippen LogP contribution in [-0.2, 0) is 10.0 Å². The number of ether oxygens (including phenoxy) is 1. The number of rotatable bonds is 5. The molecule has 0 spiro atoms. The minimum Gasteiger partial charge on any atom is -0.472 e. The average molecular weight is 380 g/mol. The molecule has 1 saturated heterocycles. The lowest BCUT2D eigenvalue weighted by atomic mass is 10.2. The first-order valence-electron chi connectivity index (χ1n) is 8.19. The van der Waals surface area contributed by atoms with E-state index in [2.05, 4.69) is 9.97 Å². The second-order valence-electron chi connectivity index (χ2n) is 6.41. The van der Waals surface area contributed by atoms with Crippen molar-refractivity contribution >= 4 is 15.8 Å². The zero-order valence-electron chi connectivity index (χ0n) is 14.9. The fourth-order valence-corrected chi connectivity index (χ4v) is 4.53. The Morgan fingerprint density at radius 1 is 1.31 bits per heavy atom. The van der Waals surface area contributed by atoms with Crippen molar-refractivity contribution in [3.05, 3.63) is 42.0 Å². The molecule has 1 fully saturated rings. The molecule has 0 radical (unpaired) electrons. The van der Waals surface area contributed by atoms with E-state index in [1.54, 1.807) is 13.1 Å². The Hall–Kier alpha value is -2.26. The summed E-state index contributed by atoms with van der Waals surface area (Å²) in [5, 5.41) is 0. The summed E-state index contributed by atoms with van der Waals surface area (Å²) in [6.45, 7) is 2.14. The third-order valence-corrected chi connectivity index (χ3v) is 6.23. The smallest absolute Gasteiger partial charge is 0.243 e. The number of hydrogen-bond donors (Lipinski definition) is 0. The number of anilines is 1. The number of halogens is 1. The summed E-state index contributed by atoms with van der Waals surface area (Å²) in [6.07, 6.45) is 3.37. The molecule has 2 aromatic rings. The van der Waals surface area contributed by atoms with Crippen LogP contribution < -0.4 is 9.64 Å². The number of aryl methyl sites for hydroxylation is 1. The predicted molar refractivity (Wildman–Crippen MR) is 95.3 cm³/mol.